The molecule has 1 aliphatic rings. The summed E-state index contributed by atoms with van der Waals surface area (Å²) in [5.41, 5.74) is 3.43. The molecule has 0 radical (unpaired) electrons. The second-order valence-corrected chi connectivity index (χ2v) is 9.07. The van der Waals surface area contributed by atoms with Crippen molar-refractivity contribution >= 4 is 45.7 Å². The lowest BCUT2D eigenvalue weighted by Gasteiger charge is -2.37. The molecule has 3 aromatic carbocycles. The van der Waals surface area contributed by atoms with Gasteiger partial charge in [-0.1, -0.05) is 48.5 Å². The molecule has 1 aliphatic heterocycles. The molecule has 0 bridgehead atoms. The smallest absolute Gasteiger partial charge is 0.338 e. The lowest BCUT2D eigenvalue weighted by atomic mass is 9.94. The highest BCUT2D eigenvalue weighted by Gasteiger charge is 2.34. The molecule has 180 valence electrons. The molecule has 2 N–H and O–H groups in total. The number of thiocarbonyl (C=S) groups is 1. The summed E-state index contributed by atoms with van der Waals surface area (Å²) in [6, 6.07) is 20.5. The highest BCUT2D eigenvalue weighted by molar-refractivity contribution is 7.80. The molecule has 0 fully saturated rings. The molecule has 6 nitrogen and oxygen atoms in total. The zero-order valence-electron chi connectivity index (χ0n) is 20.3. The van der Waals surface area contributed by atoms with Crippen molar-refractivity contribution in [2.24, 2.45) is 0 Å². The van der Waals surface area contributed by atoms with Gasteiger partial charge in [-0.3, -0.25) is 4.79 Å². The number of carbonyl (C=O) groups excluding carboxylic acids is 2. The third kappa shape index (κ3) is 5.05. The van der Waals surface area contributed by atoms with Crippen molar-refractivity contribution < 1.29 is 14.3 Å². The van der Waals surface area contributed by atoms with E-state index in [-0.39, 0.29) is 18.0 Å². The molecule has 4 rings (SSSR count). The van der Waals surface area contributed by atoms with Crippen molar-refractivity contribution in [3.8, 4) is 0 Å². The van der Waals surface area contributed by atoms with Gasteiger partial charge in [0.05, 0.1) is 17.7 Å². The fraction of sp³-hybridized carbons (Fsp3) is 0.250. The van der Waals surface area contributed by atoms with Gasteiger partial charge in [-0.05, 0) is 74.4 Å². The van der Waals surface area contributed by atoms with E-state index in [1.165, 1.54) is 0 Å². The van der Waals surface area contributed by atoms with Crippen LogP contribution in [0.5, 0.6) is 0 Å². The molecule has 35 heavy (non-hydrogen) atoms. The van der Waals surface area contributed by atoms with E-state index in [0.29, 0.717) is 28.5 Å². The van der Waals surface area contributed by atoms with Crippen LogP contribution < -0.4 is 10.6 Å². The molecule has 0 saturated heterocycles. The number of ether oxygens (including phenoxy) is 1. The highest BCUT2D eigenvalue weighted by Crippen LogP contribution is 2.32. The number of anilines is 1. The van der Waals surface area contributed by atoms with Crippen molar-refractivity contribution in [3.05, 3.63) is 89.1 Å². The number of nitrogens with zero attached hydrogens (tertiary/aromatic N) is 1. The molecule has 0 unspecified atom stereocenters. The van der Waals surface area contributed by atoms with Gasteiger partial charge in [0.15, 0.2) is 5.11 Å². The van der Waals surface area contributed by atoms with Crippen molar-refractivity contribution in [2.45, 2.75) is 39.8 Å². The van der Waals surface area contributed by atoms with Crippen LogP contribution in [0.3, 0.4) is 0 Å². The molecule has 0 aliphatic carbocycles. The molecule has 1 amide bonds. The molecule has 3 aromatic rings. The van der Waals surface area contributed by atoms with Gasteiger partial charge in [-0.15, -0.1) is 0 Å². The van der Waals surface area contributed by atoms with Gasteiger partial charge in [0, 0.05) is 23.5 Å². The Morgan fingerprint density at radius 1 is 1.06 bits per heavy atom. The van der Waals surface area contributed by atoms with E-state index in [2.05, 4.69) is 10.6 Å². The van der Waals surface area contributed by atoms with Gasteiger partial charge in [-0.2, -0.15) is 0 Å². The van der Waals surface area contributed by atoms with E-state index in [1.807, 2.05) is 99.3 Å². The van der Waals surface area contributed by atoms with Crippen LogP contribution in [0, 0.1) is 0 Å². The van der Waals surface area contributed by atoms with Crippen LogP contribution in [0.1, 0.15) is 49.7 Å². The molecule has 0 aromatic heterocycles. The van der Waals surface area contributed by atoms with Gasteiger partial charge >= 0.3 is 5.97 Å². The Morgan fingerprint density at radius 2 is 1.74 bits per heavy atom. The molecule has 1 heterocycles. The van der Waals surface area contributed by atoms with Crippen molar-refractivity contribution in [2.75, 3.05) is 11.9 Å². The quantitative estimate of drug-likeness (QED) is 0.350. The van der Waals surface area contributed by atoms with E-state index in [9.17, 15) is 9.59 Å². The Morgan fingerprint density at radius 3 is 2.43 bits per heavy atom. The highest BCUT2D eigenvalue weighted by atomic mass is 32.1. The fourth-order valence-electron chi connectivity index (χ4n) is 4.33. The molecule has 0 spiro atoms. The first-order chi connectivity index (χ1) is 16.8. The average Bonchev–Trinajstić information content (AvgIpc) is 2.83. The van der Waals surface area contributed by atoms with E-state index >= 15 is 0 Å². The zero-order valence-corrected chi connectivity index (χ0v) is 21.1. The van der Waals surface area contributed by atoms with E-state index in [4.69, 9.17) is 17.0 Å². The van der Waals surface area contributed by atoms with Crippen LogP contribution in [0.4, 0.5) is 5.69 Å². The SMILES string of the molecule is CCN1C(=S)N[C@@H](c2ccc(NC(=O)c3cccc4ccccc34)cc2)C(C(=O)OC(C)C)=C1C. The molecular formula is C28H29N3O3S. The first kappa shape index (κ1) is 24.4. The number of fused-ring (bicyclic) bond motifs is 1. The maximum absolute atomic E-state index is 13.0. The number of hydrogen-bond acceptors (Lipinski definition) is 4. The van der Waals surface area contributed by atoms with Crippen LogP contribution in [-0.4, -0.2) is 34.5 Å². The van der Waals surface area contributed by atoms with Crippen molar-refractivity contribution in [1.82, 2.24) is 10.2 Å². The summed E-state index contributed by atoms with van der Waals surface area (Å²) in [5, 5.41) is 8.74. The largest absolute Gasteiger partial charge is 0.459 e. The summed E-state index contributed by atoms with van der Waals surface area (Å²) in [6.45, 7) is 8.17. The maximum Gasteiger partial charge on any atom is 0.338 e. The monoisotopic (exact) mass is 487 g/mol. The van der Waals surface area contributed by atoms with Gasteiger partial charge < -0.3 is 20.3 Å². The summed E-state index contributed by atoms with van der Waals surface area (Å²) >= 11 is 5.55. The van der Waals surface area contributed by atoms with E-state index < -0.39 is 6.04 Å². The third-order valence-electron chi connectivity index (χ3n) is 6.01. The number of carbonyl (C=O) groups is 2. The summed E-state index contributed by atoms with van der Waals surface area (Å²) in [4.78, 5) is 27.9. The summed E-state index contributed by atoms with van der Waals surface area (Å²) < 4.78 is 5.54. The normalized spacial score (nSPS) is 15.9. The Kier molecular flexibility index (Phi) is 7.17. The first-order valence-electron chi connectivity index (χ1n) is 11.7. The molecular weight excluding hydrogens is 458 g/mol. The summed E-state index contributed by atoms with van der Waals surface area (Å²) in [6.07, 6.45) is -0.237. The molecule has 1 atom stereocenters. The van der Waals surface area contributed by atoms with Gasteiger partial charge in [0.2, 0.25) is 0 Å². The number of benzene rings is 3. The number of nitrogens with one attached hydrogen (secondary N) is 2. The topological polar surface area (TPSA) is 70.7 Å². The zero-order chi connectivity index (χ0) is 25.1. The van der Waals surface area contributed by atoms with Crippen LogP contribution in [-0.2, 0) is 9.53 Å². The minimum absolute atomic E-state index is 0.179. The molecule has 0 saturated carbocycles. The third-order valence-corrected chi connectivity index (χ3v) is 6.35. The van der Waals surface area contributed by atoms with Crippen molar-refractivity contribution in [1.29, 1.82) is 0 Å². The number of hydrogen-bond donors (Lipinski definition) is 2. The minimum Gasteiger partial charge on any atom is -0.459 e. The van der Waals surface area contributed by atoms with Crippen LogP contribution >= 0.6 is 12.2 Å². The lowest BCUT2D eigenvalue weighted by Crippen LogP contribution is -2.47. The summed E-state index contributed by atoms with van der Waals surface area (Å²) in [7, 11) is 0. The maximum atomic E-state index is 13.0. The van der Waals surface area contributed by atoms with Gasteiger partial charge in [-0.25, -0.2) is 4.79 Å². The Balaban J connectivity index is 1.60. The fourth-order valence-corrected chi connectivity index (χ4v) is 4.72. The number of esters is 1. The second-order valence-electron chi connectivity index (χ2n) is 8.68. The van der Waals surface area contributed by atoms with Gasteiger partial charge in [0.1, 0.15) is 0 Å². The second kappa shape index (κ2) is 10.3. The van der Waals surface area contributed by atoms with E-state index in [0.717, 1.165) is 22.0 Å². The Labute approximate surface area is 211 Å². The first-order valence-corrected chi connectivity index (χ1v) is 12.1. The predicted octanol–water partition coefficient (Wildman–Crippen LogP) is 5.57. The number of amides is 1. The Bertz CT molecular complexity index is 1310. The summed E-state index contributed by atoms with van der Waals surface area (Å²) in [5.74, 6) is -0.550. The lowest BCUT2D eigenvalue weighted by molar-refractivity contribution is -0.143. The van der Waals surface area contributed by atoms with Crippen LogP contribution in [0.15, 0.2) is 78.0 Å². The molecule has 7 heteroatoms. The average molecular weight is 488 g/mol. The number of rotatable bonds is 6. The predicted molar refractivity (Wildman–Crippen MR) is 143 cm³/mol. The number of allylic oxidation sites excluding steroid dienone is 1. The van der Waals surface area contributed by atoms with Crippen LogP contribution in [0.25, 0.3) is 10.8 Å². The standard InChI is InChI=1S/C28H29N3O3S/c1-5-31-18(4)24(27(33)34-17(2)3)25(30-28(31)35)20-13-15-21(16-14-20)29-26(32)23-12-8-10-19-9-6-7-11-22(19)23/h6-17,25H,5H2,1-4H3,(H,29,32)(H,30,35)/t25-/m0/s1. The van der Waals surface area contributed by atoms with Gasteiger partial charge in [0.25, 0.3) is 5.91 Å². The van der Waals surface area contributed by atoms with E-state index in [1.54, 1.807) is 0 Å². The Hall–Kier alpha value is -3.71. The van der Waals surface area contributed by atoms with Crippen molar-refractivity contribution in [3.63, 3.8) is 0 Å². The minimum atomic E-state index is -0.445. The van der Waals surface area contributed by atoms with Crippen LogP contribution in [0.2, 0.25) is 0 Å².